The number of likely N-dealkylation sites (tertiary alicyclic amines) is 1. The summed E-state index contributed by atoms with van der Waals surface area (Å²) in [6, 6.07) is 0.434. The molecule has 0 saturated carbocycles. The van der Waals surface area contributed by atoms with Gasteiger partial charge in [-0.3, -0.25) is 4.99 Å². The summed E-state index contributed by atoms with van der Waals surface area (Å²) >= 11 is 1.75. The first-order valence-electron chi connectivity index (χ1n) is 8.44. The molecule has 1 N–H and O–H groups in total. The van der Waals surface area contributed by atoms with Crippen LogP contribution < -0.4 is 5.32 Å². The summed E-state index contributed by atoms with van der Waals surface area (Å²) in [6.07, 6.45) is 6.98. The number of nitrogens with zero attached hydrogens (tertiary/aromatic N) is 5. The molecule has 1 aliphatic rings. The first-order valence-corrected chi connectivity index (χ1v) is 9.26. The number of guanidine groups is 1. The van der Waals surface area contributed by atoms with E-state index in [-0.39, 0.29) is 24.0 Å². The highest BCUT2D eigenvalue weighted by molar-refractivity contribution is 14.0. The first-order chi connectivity index (χ1) is 11.6. The van der Waals surface area contributed by atoms with E-state index >= 15 is 0 Å². The number of thiazole rings is 1. The van der Waals surface area contributed by atoms with E-state index in [9.17, 15) is 0 Å². The van der Waals surface area contributed by atoms with Gasteiger partial charge in [-0.05, 0) is 26.2 Å². The number of aryl methyl sites for hydroxylation is 2. The molecule has 0 radical (unpaired) electrons. The molecule has 0 bridgehead atoms. The molecule has 6 nitrogen and oxygen atoms in total. The van der Waals surface area contributed by atoms with Crippen molar-refractivity contribution in [1.82, 2.24) is 24.8 Å². The zero-order chi connectivity index (χ0) is 17.1. The van der Waals surface area contributed by atoms with Crippen molar-refractivity contribution in [3.8, 4) is 0 Å². The Morgan fingerprint density at radius 3 is 2.84 bits per heavy atom. The number of nitrogens with one attached hydrogen (secondary N) is 1. The second kappa shape index (κ2) is 8.98. The molecule has 0 aromatic carbocycles. The molecule has 2 aromatic rings. The molecule has 138 valence electrons. The molecular formula is C17H27IN6S. The van der Waals surface area contributed by atoms with Crippen LogP contribution in [-0.4, -0.2) is 45.5 Å². The Labute approximate surface area is 170 Å². The van der Waals surface area contributed by atoms with Crippen LogP contribution in [0.2, 0.25) is 0 Å². The van der Waals surface area contributed by atoms with Gasteiger partial charge in [0.05, 0.1) is 24.6 Å². The quantitative estimate of drug-likeness (QED) is 0.422. The smallest absolute Gasteiger partial charge is 0.194 e. The van der Waals surface area contributed by atoms with Gasteiger partial charge in [0.2, 0.25) is 0 Å². The summed E-state index contributed by atoms with van der Waals surface area (Å²) in [5, 5.41) is 4.59. The fourth-order valence-electron chi connectivity index (χ4n) is 3.20. The van der Waals surface area contributed by atoms with E-state index in [1.54, 1.807) is 11.3 Å². The van der Waals surface area contributed by atoms with Crippen molar-refractivity contribution in [2.24, 2.45) is 10.9 Å². The van der Waals surface area contributed by atoms with E-state index in [1.165, 1.54) is 4.88 Å². The summed E-state index contributed by atoms with van der Waals surface area (Å²) in [4.78, 5) is 16.9. The minimum absolute atomic E-state index is 0. The molecule has 1 aliphatic heterocycles. The van der Waals surface area contributed by atoms with Gasteiger partial charge in [0.15, 0.2) is 5.96 Å². The average molecular weight is 474 g/mol. The third-order valence-corrected chi connectivity index (χ3v) is 5.88. The lowest BCUT2D eigenvalue weighted by molar-refractivity contribution is 0.189. The third-order valence-electron chi connectivity index (χ3n) is 4.81. The normalized spacial score (nSPS) is 21.1. The Kier molecular flexibility index (Phi) is 7.24. The zero-order valence-corrected chi connectivity index (χ0v) is 18.4. The van der Waals surface area contributed by atoms with Gasteiger partial charge in [0, 0.05) is 37.4 Å². The topological polar surface area (TPSA) is 58.3 Å². The molecule has 3 rings (SSSR count). The largest absolute Gasteiger partial charge is 0.350 e. The Morgan fingerprint density at radius 1 is 1.44 bits per heavy atom. The van der Waals surface area contributed by atoms with E-state index < -0.39 is 0 Å². The minimum Gasteiger partial charge on any atom is -0.350 e. The van der Waals surface area contributed by atoms with Gasteiger partial charge in [0.25, 0.3) is 0 Å². The number of aromatic nitrogens is 3. The Bertz CT molecular complexity index is 677. The van der Waals surface area contributed by atoms with E-state index in [0.29, 0.717) is 12.0 Å². The Hall–Kier alpha value is -1.16. The lowest BCUT2D eigenvalue weighted by atomic mass is 9.93. The Morgan fingerprint density at radius 2 is 2.24 bits per heavy atom. The molecule has 2 unspecified atom stereocenters. The van der Waals surface area contributed by atoms with Crippen molar-refractivity contribution in [1.29, 1.82) is 0 Å². The van der Waals surface area contributed by atoms with Gasteiger partial charge >= 0.3 is 0 Å². The van der Waals surface area contributed by atoms with Gasteiger partial charge < -0.3 is 14.8 Å². The predicted molar refractivity (Wildman–Crippen MR) is 114 cm³/mol. The lowest BCUT2D eigenvalue weighted by Gasteiger charge is -2.39. The fourth-order valence-corrected chi connectivity index (χ4v) is 4.07. The Balaban J connectivity index is 0.00000225. The third kappa shape index (κ3) is 4.72. The maximum Gasteiger partial charge on any atom is 0.194 e. The summed E-state index contributed by atoms with van der Waals surface area (Å²) in [5.74, 6) is 1.59. The SMILES string of the molecule is CN=C(NCc1nc(C)c(C)s1)N1CCC(C)C(n2ccnc2)C1.I. The van der Waals surface area contributed by atoms with Gasteiger partial charge in [-0.1, -0.05) is 6.92 Å². The lowest BCUT2D eigenvalue weighted by Crippen LogP contribution is -2.48. The van der Waals surface area contributed by atoms with Crippen LogP contribution in [0.1, 0.15) is 35.0 Å². The number of halogens is 1. The van der Waals surface area contributed by atoms with Crippen LogP contribution in [-0.2, 0) is 6.54 Å². The summed E-state index contributed by atoms with van der Waals surface area (Å²) in [5.41, 5.74) is 1.12. The van der Waals surface area contributed by atoms with Crippen LogP contribution in [0.25, 0.3) is 0 Å². The molecule has 1 fully saturated rings. The highest BCUT2D eigenvalue weighted by atomic mass is 127. The molecule has 3 heterocycles. The molecule has 0 aliphatic carbocycles. The van der Waals surface area contributed by atoms with Crippen LogP contribution in [0.5, 0.6) is 0 Å². The minimum atomic E-state index is 0. The molecule has 25 heavy (non-hydrogen) atoms. The summed E-state index contributed by atoms with van der Waals surface area (Å²) < 4.78 is 2.22. The van der Waals surface area contributed by atoms with Crippen molar-refractivity contribution < 1.29 is 0 Å². The predicted octanol–water partition coefficient (Wildman–Crippen LogP) is 3.23. The number of imidazole rings is 1. The maximum absolute atomic E-state index is 4.60. The zero-order valence-electron chi connectivity index (χ0n) is 15.3. The highest BCUT2D eigenvalue weighted by Crippen LogP contribution is 2.27. The number of rotatable bonds is 3. The summed E-state index contributed by atoms with van der Waals surface area (Å²) in [6.45, 7) is 9.21. The second-order valence-corrected chi connectivity index (χ2v) is 7.73. The van der Waals surface area contributed by atoms with Gasteiger partial charge in [-0.25, -0.2) is 9.97 Å². The number of piperidine rings is 1. The van der Waals surface area contributed by atoms with Gasteiger partial charge in [0.1, 0.15) is 5.01 Å². The fraction of sp³-hybridized carbons (Fsp3) is 0.588. The maximum atomic E-state index is 4.60. The van der Waals surface area contributed by atoms with Crippen LogP contribution in [0.3, 0.4) is 0 Å². The van der Waals surface area contributed by atoms with Crippen molar-refractivity contribution >= 4 is 41.3 Å². The van der Waals surface area contributed by atoms with E-state index in [4.69, 9.17) is 0 Å². The van der Waals surface area contributed by atoms with E-state index in [0.717, 1.165) is 42.7 Å². The number of hydrogen-bond donors (Lipinski definition) is 1. The van der Waals surface area contributed by atoms with Gasteiger partial charge in [-0.15, -0.1) is 35.3 Å². The van der Waals surface area contributed by atoms with E-state index in [2.05, 4.69) is 56.7 Å². The van der Waals surface area contributed by atoms with Crippen LogP contribution in [0.15, 0.2) is 23.7 Å². The van der Waals surface area contributed by atoms with Crippen LogP contribution in [0.4, 0.5) is 0 Å². The van der Waals surface area contributed by atoms with Crippen LogP contribution >= 0.6 is 35.3 Å². The highest BCUT2D eigenvalue weighted by Gasteiger charge is 2.28. The van der Waals surface area contributed by atoms with Crippen molar-refractivity contribution in [3.05, 3.63) is 34.3 Å². The second-order valence-electron chi connectivity index (χ2n) is 6.44. The first kappa shape index (κ1) is 20.2. The van der Waals surface area contributed by atoms with Crippen molar-refractivity contribution in [2.45, 2.75) is 39.8 Å². The molecule has 0 amide bonds. The monoisotopic (exact) mass is 474 g/mol. The summed E-state index contributed by atoms with van der Waals surface area (Å²) in [7, 11) is 1.85. The van der Waals surface area contributed by atoms with Gasteiger partial charge in [-0.2, -0.15) is 0 Å². The molecule has 2 atom stereocenters. The molecule has 1 saturated heterocycles. The molecular weight excluding hydrogens is 447 g/mol. The molecule has 2 aromatic heterocycles. The molecule has 0 spiro atoms. The standard InChI is InChI=1S/C17H26N6S.HI/c1-12-5-7-22(10-15(12)23-8-6-19-11-23)17(18-4)20-9-16-21-13(2)14(3)24-16;/h6,8,11-12,15H,5,7,9-10H2,1-4H3,(H,18,20);1H. The average Bonchev–Trinajstić information content (AvgIpc) is 3.20. The molecule has 8 heteroatoms. The van der Waals surface area contributed by atoms with E-state index in [1.807, 2.05) is 19.6 Å². The number of aliphatic imine (C=N–C) groups is 1. The van der Waals surface area contributed by atoms with Crippen molar-refractivity contribution in [3.63, 3.8) is 0 Å². The number of hydrogen-bond acceptors (Lipinski definition) is 4. The van der Waals surface area contributed by atoms with Crippen LogP contribution in [0, 0.1) is 19.8 Å². The van der Waals surface area contributed by atoms with Crippen molar-refractivity contribution in [2.75, 3.05) is 20.1 Å².